The summed E-state index contributed by atoms with van der Waals surface area (Å²) in [6.45, 7) is 0.336. The van der Waals surface area contributed by atoms with Crippen molar-refractivity contribution in [2.75, 3.05) is 0 Å². The van der Waals surface area contributed by atoms with Crippen LogP contribution in [0, 0.1) is 0 Å². The first kappa shape index (κ1) is 17.9. The maximum Gasteiger partial charge on any atom is 0.264 e. The summed E-state index contributed by atoms with van der Waals surface area (Å²) in [4.78, 5) is 22.4. The van der Waals surface area contributed by atoms with E-state index >= 15 is 0 Å². The first-order chi connectivity index (χ1) is 13.2. The van der Waals surface area contributed by atoms with E-state index in [0.717, 1.165) is 21.1 Å². The van der Waals surface area contributed by atoms with E-state index in [2.05, 4.69) is 10.3 Å². The molecule has 1 amide bonds. The Labute approximate surface area is 169 Å². The fourth-order valence-electron chi connectivity index (χ4n) is 2.58. The second kappa shape index (κ2) is 8.00. The number of carbonyl (C=O) groups is 1. The molecule has 2 aromatic heterocycles. The molecule has 134 valence electrons. The maximum absolute atomic E-state index is 12.9. The quantitative estimate of drug-likeness (QED) is 0.470. The zero-order valence-electron chi connectivity index (χ0n) is 14.1. The van der Waals surface area contributed by atoms with Crippen molar-refractivity contribution >= 4 is 40.2 Å². The van der Waals surface area contributed by atoms with Gasteiger partial charge in [0.1, 0.15) is 19.2 Å². The van der Waals surface area contributed by atoms with Crippen LogP contribution < -0.4 is 5.32 Å². The lowest BCUT2D eigenvalue weighted by atomic mass is 10.1. The fourth-order valence-corrected chi connectivity index (χ4v) is 4.48. The Balaban J connectivity index is 1.67. The van der Waals surface area contributed by atoms with Gasteiger partial charge in [0.2, 0.25) is 0 Å². The largest absolute Gasteiger partial charge is 0.345 e. The minimum absolute atomic E-state index is 0.167. The van der Waals surface area contributed by atoms with Crippen molar-refractivity contribution in [1.29, 1.82) is 0 Å². The fraction of sp³-hybridized carbons (Fsp3) is 0.0500. The minimum atomic E-state index is -0.167. The summed E-state index contributed by atoms with van der Waals surface area (Å²) in [6, 6.07) is 19.6. The number of hydrogen-bond acceptors (Lipinski definition) is 5. The number of thiazole rings is 2. The van der Waals surface area contributed by atoms with Crippen LogP contribution in [0.15, 0.2) is 66.9 Å². The van der Waals surface area contributed by atoms with Crippen LogP contribution in [0.3, 0.4) is 0 Å². The van der Waals surface area contributed by atoms with Crippen molar-refractivity contribution in [1.82, 2.24) is 15.3 Å². The normalized spacial score (nSPS) is 10.7. The van der Waals surface area contributed by atoms with Crippen LogP contribution in [0.5, 0.6) is 0 Å². The third-order valence-corrected chi connectivity index (χ3v) is 6.04. The van der Waals surface area contributed by atoms with Crippen LogP contribution >= 0.6 is 34.3 Å². The highest BCUT2D eigenvalue weighted by molar-refractivity contribution is 7.17. The van der Waals surface area contributed by atoms with E-state index in [1.807, 2.05) is 60.7 Å². The number of nitrogens with one attached hydrogen (secondary N) is 1. The highest BCUT2D eigenvalue weighted by Gasteiger charge is 2.20. The van der Waals surface area contributed by atoms with Crippen LogP contribution in [0.1, 0.15) is 14.7 Å². The molecule has 0 fully saturated rings. The van der Waals surface area contributed by atoms with Crippen molar-refractivity contribution < 1.29 is 4.79 Å². The molecule has 2 heterocycles. The lowest BCUT2D eigenvalue weighted by molar-refractivity contribution is 0.0955. The van der Waals surface area contributed by atoms with Gasteiger partial charge in [0, 0.05) is 11.1 Å². The third-order valence-electron chi connectivity index (χ3n) is 3.83. The molecule has 0 aliphatic heterocycles. The molecule has 0 bridgehead atoms. The number of carbonyl (C=O) groups excluding carboxylic acids is 1. The molecule has 7 heteroatoms. The van der Waals surface area contributed by atoms with Gasteiger partial charge in [-0.25, -0.2) is 9.97 Å². The van der Waals surface area contributed by atoms with E-state index in [-0.39, 0.29) is 5.91 Å². The number of amides is 1. The average Bonchev–Trinajstić information content (AvgIpc) is 3.34. The summed E-state index contributed by atoms with van der Waals surface area (Å²) >= 11 is 8.65. The Morgan fingerprint density at radius 3 is 2.26 bits per heavy atom. The van der Waals surface area contributed by atoms with Crippen molar-refractivity contribution in [2.24, 2.45) is 0 Å². The van der Waals surface area contributed by atoms with Gasteiger partial charge in [-0.05, 0) is 0 Å². The van der Waals surface area contributed by atoms with Crippen molar-refractivity contribution in [2.45, 2.75) is 6.54 Å². The van der Waals surface area contributed by atoms with Gasteiger partial charge < -0.3 is 5.32 Å². The highest BCUT2D eigenvalue weighted by atomic mass is 35.5. The van der Waals surface area contributed by atoms with Crippen LogP contribution in [-0.2, 0) is 6.54 Å². The molecule has 0 aliphatic carbocycles. The number of nitrogens with zero attached hydrogens (tertiary/aromatic N) is 2. The molecule has 0 aliphatic rings. The Morgan fingerprint density at radius 2 is 1.63 bits per heavy atom. The van der Waals surface area contributed by atoms with E-state index < -0.39 is 0 Å². The maximum atomic E-state index is 12.9. The monoisotopic (exact) mass is 411 g/mol. The smallest absolute Gasteiger partial charge is 0.264 e. The average molecular weight is 412 g/mol. The molecule has 4 rings (SSSR count). The topological polar surface area (TPSA) is 54.9 Å². The van der Waals surface area contributed by atoms with Gasteiger partial charge in [-0.3, -0.25) is 4.79 Å². The van der Waals surface area contributed by atoms with E-state index in [9.17, 15) is 4.79 Å². The summed E-state index contributed by atoms with van der Waals surface area (Å²) in [7, 11) is 0. The molecule has 0 saturated carbocycles. The van der Waals surface area contributed by atoms with Gasteiger partial charge in [-0.15, -0.1) is 22.7 Å². The number of hydrogen-bond donors (Lipinski definition) is 1. The molecule has 1 N–H and O–H groups in total. The predicted octanol–water partition coefficient (Wildman–Crippen LogP) is 5.52. The number of halogens is 1. The molecule has 0 spiro atoms. The standard InChI is InChI=1S/C20H14ClN3OS2/c21-15-11-22-16(26-15)12-23-19(25)18-17(13-7-3-1-4-8-13)24-20(27-18)14-9-5-2-6-10-14/h1-11H,12H2,(H,23,25). The summed E-state index contributed by atoms with van der Waals surface area (Å²) < 4.78 is 0.605. The molecule has 4 aromatic rings. The number of benzene rings is 2. The van der Waals surface area contributed by atoms with Crippen molar-refractivity contribution in [3.63, 3.8) is 0 Å². The first-order valence-electron chi connectivity index (χ1n) is 8.21. The van der Waals surface area contributed by atoms with Crippen molar-refractivity contribution in [3.8, 4) is 21.8 Å². The molecule has 4 nitrogen and oxygen atoms in total. The van der Waals surface area contributed by atoms with Crippen LogP contribution in [0.2, 0.25) is 4.34 Å². The summed E-state index contributed by atoms with van der Waals surface area (Å²) in [6.07, 6.45) is 1.59. The van der Waals surface area contributed by atoms with Gasteiger partial charge in [-0.2, -0.15) is 0 Å². The van der Waals surface area contributed by atoms with E-state index in [1.54, 1.807) is 6.20 Å². The van der Waals surface area contributed by atoms with Gasteiger partial charge >= 0.3 is 0 Å². The molecule has 2 aromatic carbocycles. The lowest BCUT2D eigenvalue weighted by Crippen LogP contribution is -2.22. The highest BCUT2D eigenvalue weighted by Crippen LogP contribution is 2.33. The molecule has 0 radical (unpaired) electrons. The van der Waals surface area contributed by atoms with Crippen molar-refractivity contribution in [3.05, 3.63) is 81.1 Å². The second-order valence-electron chi connectivity index (χ2n) is 5.67. The number of rotatable bonds is 5. The number of aromatic nitrogens is 2. The molecule has 0 unspecified atom stereocenters. The van der Waals surface area contributed by atoms with Crippen LogP contribution in [-0.4, -0.2) is 15.9 Å². The van der Waals surface area contributed by atoms with Gasteiger partial charge in [-0.1, -0.05) is 72.3 Å². The summed E-state index contributed by atoms with van der Waals surface area (Å²) in [5, 5.41) is 4.51. The lowest BCUT2D eigenvalue weighted by Gasteiger charge is -2.03. The summed E-state index contributed by atoms with van der Waals surface area (Å²) in [5.74, 6) is -0.167. The second-order valence-corrected chi connectivity index (χ2v) is 8.42. The Bertz CT molecular complexity index is 1060. The molecule has 27 heavy (non-hydrogen) atoms. The van der Waals surface area contributed by atoms with Crippen LogP contribution in [0.25, 0.3) is 21.8 Å². The molecular formula is C20H14ClN3OS2. The van der Waals surface area contributed by atoms with Gasteiger partial charge in [0.15, 0.2) is 0 Å². The zero-order chi connectivity index (χ0) is 18.6. The summed E-state index contributed by atoms with van der Waals surface area (Å²) in [5.41, 5.74) is 2.60. The van der Waals surface area contributed by atoms with E-state index in [1.165, 1.54) is 22.7 Å². The predicted molar refractivity (Wildman–Crippen MR) is 111 cm³/mol. The van der Waals surface area contributed by atoms with Gasteiger partial charge in [0.05, 0.1) is 18.4 Å². The van der Waals surface area contributed by atoms with E-state index in [4.69, 9.17) is 16.6 Å². The molecule has 0 atom stereocenters. The Kier molecular flexibility index (Phi) is 5.29. The Morgan fingerprint density at radius 1 is 0.963 bits per heavy atom. The zero-order valence-corrected chi connectivity index (χ0v) is 16.4. The third kappa shape index (κ3) is 4.08. The van der Waals surface area contributed by atoms with Crippen LogP contribution in [0.4, 0.5) is 0 Å². The molecule has 0 saturated heterocycles. The first-order valence-corrected chi connectivity index (χ1v) is 10.2. The van der Waals surface area contributed by atoms with E-state index in [0.29, 0.717) is 21.5 Å². The Hall–Kier alpha value is -2.54. The minimum Gasteiger partial charge on any atom is -0.345 e. The SMILES string of the molecule is O=C(NCc1ncc(Cl)s1)c1sc(-c2ccccc2)nc1-c1ccccc1. The molecular weight excluding hydrogens is 398 g/mol. The van der Waals surface area contributed by atoms with Gasteiger partial charge in [0.25, 0.3) is 5.91 Å².